The van der Waals surface area contributed by atoms with E-state index < -0.39 is 0 Å². The lowest BCUT2D eigenvalue weighted by atomic mass is 10.2. The Morgan fingerprint density at radius 3 is 2.39 bits per heavy atom. The second-order valence-electron chi connectivity index (χ2n) is 6.24. The molecule has 0 aliphatic carbocycles. The van der Waals surface area contributed by atoms with E-state index in [1.54, 1.807) is 18.3 Å². The molecule has 0 unspecified atom stereocenters. The van der Waals surface area contributed by atoms with Crippen molar-refractivity contribution in [2.45, 2.75) is 13.8 Å². The second kappa shape index (κ2) is 9.24. The molecule has 1 heterocycles. The van der Waals surface area contributed by atoms with E-state index in [0.29, 0.717) is 16.3 Å². The maximum Gasteiger partial charge on any atom is 0.257 e. The van der Waals surface area contributed by atoms with Crippen LogP contribution in [0.4, 0.5) is 22.7 Å². The number of benzene rings is 2. The minimum Gasteiger partial charge on any atom is -0.372 e. The quantitative estimate of drug-likeness (QED) is 0.549. The number of para-hydroxylation sites is 1. The zero-order chi connectivity index (χ0) is 19.9. The van der Waals surface area contributed by atoms with Crippen LogP contribution < -0.4 is 15.5 Å². The molecule has 0 saturated heterocycles. The van der Waals surface area contributed by atoms with Gasteiger partial charge in [-0.3, -0.25) is 9.78 Å². The highest BCUT2D eigenvalue weighted by Crippen LogP contribution is 2.25. The maximum atomic E-state index is 12.6. The van der Waals surface area contributed by atoms with Crippen molar-refractivity contribution in [2.24, 2.45) is 0 Å². The Labute approximate surface area is 170 Å². The molecule has 28 heavy (non-hydrogen) atoms. The summed E-state index contributed by atoms with van der Waals surface area (Å²) in [5, 5.41) is 6.70. The summed E-state index contributed by atoms with van der Waals surface area (Å²) in [7, 11) is 0. The van der Waals surface area contributed by atoms with Crippen LogP contribution in [0.5, 0.6) is 0 Å². The number of nitrogens with zero attached hydrogens (tertiary/aromatic N) is 2. The second-order valence-corrected chi connectivity index (χ2v) is 6.65. The van der Waals surface area contributed by atoms with Crippen LogP contribution in [-0.2, 0) is 0 Å². The van der Waals surface area contributed by atoms with Gasteiger partial charge < -0.3 is 15.5 Å². The molecule has 0 saturated carbocycles. The number of nitrogens with one attached hydrogen (secondary N) is 2. The number of rotatable bonds is 7. The molecule has 0 bridgehead atoms. The summed E-state index contributed by atoms with van der Waals surface area (Å²) in [6, 6.07) is 17.0. The SMILES string of the molecule is CCN(CC)c1ccc(NC(=O)c2cncc(Nc3ccccc3Cl)c2)cc1. The van der Waals surface area contributed by atoms with Gasteiger partial charge in [0.05, 0.1) is 28.2 Å². The molecule has 3 rings (SSSR count). The summed E-state index contributed by atoms with van der Waals surface area (Å²) in [4.78, 5) is 19.0. The molecule has 144 valence electrons. The van der Waals surface area contributed by atoms with Crippen LogP contribution in [0.25, 0.3) is 0 Å². The molecule has 5 nitrogen and oxygen atoms in total. The number of anilines is 4. The fourth-order valence-corrected chi connectivity index (χ4v) is 3.08. The number of carbonyl (C=O) groups is 1. The van der Waals surface area contributed by atoms with Gasteiger partial charge in [-0.2, -0.15) is 0 Å². The Balaban J connectivity index is 1.70. The normalized spacial score (nSPS) is 10.4. The summed E-state index contributed by atoms with van der Waals surface area (Å²) >= 11 is 6.17. The lowest BCUT2D eigenvalue weighted by Crippen LogP contribution is -2.21. The smallest absolute Gasteiger partial charge is 0.257 e. The van der Waals surface area contributed by atoms with Crippen molar-refractivity contribution >= 4 is 40.3 Å². The predicted molar refractivity (Wildman–Crippen MR) is 117 cm³/mol. The van der Waals surface area contributed by atoms with Crippen LogP contribution in [0.15, 0.2) is 67.0 Å². The number of halogens is 1. The van der Waals surface area contributed by atoms with Gasteiger partial charge >= 0.3 is 0 Å². The van der Waals surface area contributed by atoms with Crippen LogP contribution in [0.1, 0.15) is 24.2 Å². The number of aromatic nitrogens is 1. The minimum absolute atomic E-state index is 0.217. The molecule has 0 radical (unpaired) electrons. The van der Waals surface area contributed by atoms with Crippen molar-refractivity contribution in [2.75, 3.05) is 28.6 Å². The van der Waals surface area contributed by atoms with Gasteiger partial charge in [-0.05, 0) is 56.3 Å². The summed E-state index contributed by atoms with van der Waals surface area (Å²) in [6.45, 7) is 6.13. The molecule has 2 N–H and O–H groups in total. The first-order valence-electron chi connectivity index (χ1n) is 9.23. The van der Waals surface area contributed by atoms with Gasteiger partial charge in [-0.1, -0.05) is 23.7 Å². The molecular weight excluding hydrogens is 372 g/mol. The van der Waals surface area contributed by atoms with Gasteiger partial charge in [0.15, 0.2) is 0 Å². The Morgan fingerprint density at radius 1 is 1.00 bits per heavy atom. The number of amides is 1. The van der Waals surface area contributed by atoms with E-state index in [4.69, 9.17) is 11.6 Å². The van der Waals surface area contributed by atoms with Crippen LogP contribution in [0.3, 0.4) is 0 Å². The van der Waals surface area contributed by atoms with Crippen molar-refractivity contribution in [3.63, 3.8) is 0 Å². The highest BCUT2D eigenvalue weighted by molar-refractivity contribution is 6.33. The van der Waals surface area contributed by atoms with Crippen LogP contribution in [0.2, 0.25) is 5.02 Å². The predicted octanol–water partition coefficient (Wildman–Crippen LogP) is 5.58. The van der Waals surface area contributed by atoms with Crippen molar-refractivity contribution in [3.8, 4) is 0 Å². The first-order valence-corrected chi connectivity index (χ1v) is 9.61. The van der Waals surface area contributed by atoms with E-state index >= 15 is 0 Å². The van der Waals surface area contributed by atoms with Gasteiger partial charge in [0, 0.05) is 30.7 Å². The van der Waals surface area contributed by atoms with Crippen LogP contribution in [0, 0.1) is 0 Å². The van der Waals surface area contributed by atoms with Crippen LogP contribution in [-0.4, -0.2) is 24.0 Å². The van der Waals surface area contributed by atoms with Gasteiger partial charge in [-0.25, -0.2) is 0 Å². The zero-order valence-electron chi connectivity index (χ0n) is 15.9. The molecular formula is C22H23ClN4O. The third-order valence-electron chi connectivity index (χ3n) is 4.41. The average molecular weight is 395 g/mol. The molecule has 0 aliphatic heterocycles. The molecule has 6 heteroatoms. The molecule has 0 fully saturated rings. The molecule has 1 amide bonds. The Kier molecular flexibility index (Phi) is 6.50. The molecule has 0 spiro atoms. The van der Waals surface area contributed by atoms with Crippen molar-refractivity contribution < 1.29 is 4.79 Å². The maximum absolute atomic E-state index is 12.6. The highest BCUT2D eigenvalue weighted by atomic mass is 35.5. The van der Waals surface area contributed by atoms with Crippen LogP contribution >= 0.6 is 11.6 Å². The zero-order valence-corrected chi connectivity index (χ0v) is 16.7. The lowest BCUT2D eigenvalue weighted by molar-refractivity contribution is 0.102. The van der Waals surface area contributed by atoms with E-state index in [1.165, 1.54) is 6.20 Å². The molecule has 1 aromatic heterocycles. The van der Waals surface area contributed by atoms with Crippen molar-refractivity contribution in [1.82, 2.24) is 4.98 Å². The first kappa shape index (κ1) is 19.7. The van der Waals surface area contributed by atoms with Gasteiger partial charge in [0.1, 0.15) is 0 Å². The van der Waals surface area contributed by atoms with E-state index in [2.05, 4.69) is 34.4 Å². The van der Waals surface area contributed by atoms with Gasteiger partial charge in [0.25, 0.3) is 5.91 Å². The third kappa shape index (κ3) is 4.81. The summed E-state index contributed by atoms with van der Waals surface area (Å²) in [5.41, 5.74) is 3.79. The van der Waals surface area contributed by atoms with E-state index in [9.17, 15) is 4.79 Å². The number of pyridine rings is 1. The van der Waals surface area contributed by atoms with E-state index in [0.717, 1.165) is 30.2 Å². The summed E-state index contributed by atoms with van der Waals surface area (Å²) in [6.07, 6.45) is 3.19. The van der Waals surface area contributed by atoms with E-state index in [-0.39, 0.29) is 5.91 Å². The number of hydrogen-bond donors (Lipinski definition) is 2. The first-order chi connectivity index (χ1) is 13.6. The van der Waals surface area contributed by atoms with E-state index in [1.807, 2.05) is 42.5 Å². The lowest BCUT2D eigenvalue weighted by Gasteiger charge is -2.21. The fourth-order valence-electron chi connectivity index (χ4n) is 2.90. The van der Waals surface area contributed by atoms with Gasteiger partial charge in [0.2, 0.25) is 0 Å². The molecule has 0 atom stereocenters. The molecule has 0 aliphatic rings. The number of carbonyl (C=O) groups excluding carboxylic acids is 1. The molecule has 3 aromatic rings. The Hall–Kier alpha value is -3.05. The molecule has 2 aromatic carbocycles. The average Bonchev–Trinajstić information content (AvgIpc) is 2.72. The Morgan fingerprint density at radius 2 is 1.71 bits per heavy atom. The standard InChI is InChI=1S/C22H23ClN4O/c1-3-27(4-2)19-11-9-17(10-12-19)26-22(28)16-13-18(15-24-14-16)25-21-8-6-5-7-20(21)23/h5-15,25H,3-4H2,1-2H3,(H,26,28). The topological polar surface area (TPSA) is 57.3 Å². The fraction of sp³-hybridized carbons (Fsp3) is 0.182. The third-order valence-corrected chi connectivity index (χ3v) is 4.74. The highest BCUT2D eigenvalue weighted by Gasteiger charge is 2.09. The number of hydrogen-bond acceptors (Lipinski definition) is 4. The van der Waals surface area contributed by atoms with Crippen molar-refractivity contribution in [1.29, 1.82) is 0 Å². The minimum atomic E-state index is -0.217. The largest absolute Gasteiger partial charge is 0.372 e. The Bertz CT molecular complexity index is 939. The monoisotopic (exact) mass is 394 g/mol. The van der Waals surface area contributed by atoms with Crippen molar-refractivity contribution in [3.05, 3.63) is 77.6 Å². The van der Waals surface area contributed by atoms with Gasteiger partial charge in [-0.15, -0.1) is 0 Å². The summed E-state index contributed by atoms with van der Waals surface area (Å²) in [5.74, 6) is -0.217. The summed E-state index contributed by atoms with van der Waals surface area (Å²) < 4.78 is 0.